The summed E-state index contributed by atoms with van der Waals surface area (Å²) in [5, 5.41) is 11.1. The predicted octanol–water partition coefficient (Wildman–Crippen LogP) is 5.27. The molecular weight excluding hydrogens is 294 g/mol. The van der Waals surface area contributed by atoms with E-state index < -0.39 is 0 Å². The van der Waals surface area contributed by atoms with Crippen molar-refractivity contribution in [3.63, 3.8) is 0 Å². The van der Waals surface area contributed by atoms with Crippen LogP contribution in [0.25, 0.3) is 12.2 Å². The van der Waals surface area contributed by atoms with Gasteiger partial charge in [-0.05, 0) is 17.7 Å². The lowest BCUT2D eigenvalue weighted by Gasteiger charge is -1.91. The minimum absolute atomic E-state index is 0.244. The van der Waals surface area contributed by atoms with Crippen molar-refractivity contribution in [3.05, 3.63) is 84.9 Å². The molecule has 0 heterocycles. The molecule has 0 bridgehead atoms. The molecule has 132 valence electrons. The van der Waals surface area contributed by atoms with Crippen LogP contribution in [-0.2, 0) is 0 Å². The van der Waals surface area contributed by atoms with E-state index in [2.05, 4.69) is 18.5 Å². The van der Waals surface area contributed by atoms with Crippen molar-refractivity contribution < 1.29 is 5.11 Å². The van der Waals surface area contributed by atoms with Crippen LogP contribution < -0.4 is 5.32 Å². The summed E-state index contributed by atoms with van der Waals surface area (Å²) in [6, 6.07) is 20.1. The van der Waals surface area contributed by atoms with Crippen molar-refractivity contribution in [1.29, 1.82) is 0 Å². The van der Waals surface area contributed by atoms with E-state index in [0.29, 0.717) is 0 Å². The van der Waals surface area contributed by atoms with Crippen LogP contribution in [0.5, 0.6) is 0 Å². The molecule has 2 nitrogen and oxygen atoms in total. The normalized spacial score (nSPS) is 8.17. The Balaban J connectivity index is 0. The molecule has 24 heavy (non-hydrogen) atoms. The molecule has 0 saturated heterocycles. The number of benzene rings is 2. The molecule has 2 N–H and O–H groups in total. The third kappa shape index (κ3) is 16.2. The smallest absolute Gasteiger partial charge is 0.0555 e. The van der Waals surface area contributed by atoms with Crippen molar-refractivity contribution >= 4 is 12.2 Å². The summed E-state index contributed by atoms with van der Waals surface area (Å²) in [4.78, 5) is 0. The fourth-order valence-electron chi connectivity index (χ4n) is 1.43. The summed E-state index contributed by atoms with van der Waals surface area (Å²) in [5.74, 6) is 0. The Morgan fingerprint density at radius 3 is 1.38 bits per heavy atom. The van der Waals surface area contributed by atoms with Gasteiger partial charge in [-0.1, -0.05) is 107 Å². The maximum atomic E-state index is 8.13. The second kappa shape index (κ2) is 20.8. The molecule has 0 aliphatic carbocycles. The number of rotatable bonds is 5. The molecule has 0 radical (unpaired) electrons. The van der Waals surface area contributed by atoms with E-state index in [9.17, 15) is 0 Å². The third-order valence-corrected chi connectivity index (χ3v) is 2.61. The SMILES string of the molecule is C=Cc1ccccc1.C=Cc1ccccc1.CC.CCNCCO. The van der Waals surface area contributed by atoms with Gasteiger partial charge in [0.05, 0.1) is 6.61 Å². The summed E-state index contributed by atoms with van der Waals surface area (Å²) in [6.45, 7) is 15.2. The molecule has 0 unspecified atom stereocenters. The third-order valence-electron chi connectivity index (χ3n) is 2.61. The average molecular weight is 328 g/mol. The summed E-state index contributed by atoms with van der Waals surface area (Å²) >= 11 is 0. The number of aliphatic hydroxyl groups excluding tert-OH is 1. The molecular formula is C22H33NO. The summed E-state index contributed by atoms with van der Waals surface area (Å²) in [5.41, 5.74) is 2.35. The first-order valence-corrected chi connectivity index (χ1v) is 8.45. The van der Waals surface area contributed by atoms with Gasteiger partial charge in [0.25, 0.3) is 0 Å². The Hall–Kier alpha value is -2.16. The maximum absolute atomic E-state index is 8.13. The highest BCUT2D eigenvalue weighted by Gasteiger charge is 1.76. The fourth-order valence-corrected chi connectivity index (χ4v) is 1.43. The molecule has 0 aromatic heterocycles. The molecule has 2 aromatic carbocycles. The van der Waals surface area contributed by atoms with Crippen LogP contribution in [-0.4, -0.2) is 24.8 Å². The van der Waals surface area contributed by atoms with E-state index in [1.807, 2.05) is 93.6 Å². The van der Waals surface area contributed by atoms with E-state index in [1.54, 1.807) is 0 Å². The molecule has 0 atom stereocenters. The lowest BCUT2D eigenvalue weighted by molar-refractivity contribution is 0.293. The van der Waals surface area contributed by atoms with Gasteiger partial charge >= 0.3 is 0 Å². The van der Waals surface area contributed by atoms with E-state index in [4.69, 9.17) is 5.11 Å². The molecule has 2 rings (SSSR count). The van der Waals surface area contributed by atoms with Gasteiger partial charge in [0.2, 0.25) is 0 Å². The molecule has 2 heteroatoms. The number of hydrogen-bond donors (Lipinski definition) is 2. The first-order chi connectivity index (χ1) is 11.8. The molecule has 2 aromatic rings. The monoisotopic (exact) mass is 327 g/mol. The topological polar surface area (TPSA) is 32.3 Å². The highest BCUT2D eigenvalue weighted by Crippen LogP contribution is 1.98. The van der Waals surface area contributed by atoms with E-state index in [0.717, 1.165) is 13.1 Å². The van der Waals surface area contributed by atoms with Crippen LogP contribution in [0.3, 0.4) is 0 Å². The number of aliphatic hydroxyl groups is 1. The standard InChI is InChI=1S/2C8H8.C4H11NO.C2H6/c2*1-2-8-6-4-3-5-7-8;1-2-5-3-4-6;1-2/h2*2-7H,1H2;5-6H,2-4H2,1H3;1-2H3. The van der Waals surface area contributed by atoms with Gasteiger partial charge in [0, 0.05) is 6.54 Å². The molecule has 0 saturated carbocycles. The van der Waals surface area contributed by atoms with Gasteiger partial charge in [0.15, 0.2) is 0 Å². The number of nitrogens with one attached hydrogen (secondary N) is 1. The first-order valence-electron chi connectivity index (χ1n) is 8.45. The van der Waals surface area contributed by atoms with Crippen molar-refractivity contribution in [2.45, 2.75) is 20.8 Å². The quantitative estimate of drug-likeness (QED) is 0.733. The minimum atomic E-state index is 0.244. The van der Waals surface area contributed by atoms with Crippen LogP contribution in [0, 0.1) is 0 Å². The Bertz CT molecular complexity index is 432. The van der Waals surface area contributed by atoms with Crippen molar-refractivity contribution in [1.82, 2.24) is 5.32 Å². The fraction of sp³-hybridized carbons (Fsp3) is 0.273. The van der Waals surface area contributed by atoms with Gasteiger partial charge in [-0.15, -0.1) is 0 Å². The largest absolute Gasteiger partial charge is 0.395 e. The van der Waals surface area contributed by atoms with Crippen LogP contribution in [0.1, 0.15) is 31.9 Å². The Morgan fingerprint density at radius 1 is 0.833 bits per heavy atom. The summed E-state index contributed by atoms with van der Waals surface area (Å²) < 4.78 is 0. The summed E-state index contributed by atoms with van der Waals surface area (Å²) in [6.07, 6.45) is 3.67. The van der Waals surface area contributed by atoms with E-state index in [-0.39, 0.29) is 6.61 Å². The Labute approximate surface area is 148 Å². The van der Waals surface area contributed by atoms with Crippen molar-refractivity contribution in [3.8, 4) is 0 Å². The van der Waals surface area contributed by atoms with Gasteiger partial charge in [-0.3, -0.25) is 0 Å². The number of hydrogen-bond acceptors (Lipinski definition) is 2. The van der Waals surface area contributed by atoms with Crippen LogP contribution >= 0.6 is 0 Å². The maximum Gasteiger partial charge on any atom is 0.0555 e. The summed E-state index contributed by atoms with van der Waals surface area (Å²) in [7, 11) is 0. The van der Waals surface area contributed by atoms with Gasteiger partial charge < -0.3 is 10.4 Å². The zero-order valence-corrected chi connectivity index (χ0v) is 15.4. The van der Waals surface area contributed by atoms with Gasteiger partial charge in [-0.2, -0.15) is 0 Å². The van der Waals surface area contributed by atoms with Crippen LogP contribution in [0.15, 0.2) is 73.8 Å². The van der Waals surface area contributed by atoms with Crippen molar-refractivity contribution in [2.75, 3.05) is 19.7 Å². The lowest BCUT2D eigenvalue weighted by atomic mass is 10.2. The second-order valence-electron chi connectivity index (χ2n) is 4.31. The average Bonchev–Trinajstić information content (AvgIpc) is 2.70. The molecule has 0 spiro atoms. The van der Waals surface area contributed by atoms with Crippen LogP contribution in [0.4, 0.5) is 0 Å². The van der Waals surface area contributed by atoms with Crippen LogP contribution in [0.2, 0.25) is 0 Å². The van der Waals surface area contributed by atoms with E-state index >= 15 is 0 Å². The minimum Gasteiger partial charge on any atom is -0.395 e. The predicted molar refractivity (Wildman–Crippen MR) is 110 cm³/mol. The zero-order valence-electron chi connectivity index (χ0n) is 15.4. The second-order valence-corrected chi connectivity index (χ2v) is 4.31. The van der Waals surface area contributed by atoms with Crippen molar-refractivity contribution in [2.24, 2.45) is 0 Å². The Kier molecular flexibility index (Phi) is 20.9. The molecule has 0 aliphatic heterocycles. The molecule has 0 aliphatic rings. The van der Waals surface area contributed by atoms with Gasteiger partial charge in [0.1, 0.15) is 0 Å². The highest BCUT2D eigenvalue weighted by atomic mass is 16.3. The lowest BCUT2D eigenvalue weighted by Crippen LogP contribution is -2.16. The molecule has 0 amide bonds. The highest BCUT2D eigenvalue weighted by molar-refractivity contribution is 5.46. The Morgan fingerprint density at radius 2 is 1.21 bits per heavy atom. The molecule has 0 fully saturated rings. The first kappa shape index (κ1) is 24.1. The van der Waals surface area contributed by atoms with E-state index in [1.165, 1.54) is 11.1 Å². The van der Waals surface area contributed by atoms with Gasteiger partial charge in [-0.25, -0.2) is 0 Å². The zero-order chi connectivity index (χ0) is 18.5. The number of likely N-dealkylation sites (N-methyl/N-ethyl adjacent to an activating group) is 1.